The fourth-order valence-electron chi connectivity index (χ4n) is 2.38. The van der Waals surface area contributed by atoms with E-state index >= 15 is 0 Å². The Morgan fingerprint density at radius 1 is 1.40 bits per heavy atom. The smallest absolute Gasteiger partial charge is 0.282 e. The number of aliphatic hydroxyl groups is 1. The van der Waals surface area contributed by atoms with Gasteiger partial charge in [0.2, 0.25) is 0 Å². The van der Waals surface area contributed by atoms with E-state index in [0.717, 1.165) is 12.8 Å². The molecule has 1 aliphatic carbocycles. The molecule has 2 atom stereocenters. The second kappa shape index (κ2) is 6.19. The number of benzene rings is 1. The summed E-state index contributed by atoms with van der Waals surface area (Å²) in [5, 5.41) is 23.7. The van der Waals surface area contributed by atoms with Gasteiger partial charge in [0.25, 0.3) is 11.6 Å². The second-order valence-electron chi connectivity index (χ2n) is 4.85. The molecule has 7 heteroatoms. The molecule has 20 heavy (non-hydrogen) atoms. The van der Waals surface area contributed by atoms with E-state index in [1.807, 2.05) is 0 Å². The maximum Gasteiger partial charge on any atom is 0.282 e. The lowest BCUT2D eigenvalue weighted by Gasteiger charge is -2.28. The van der Waals surface area contributed by atoms with Gasteiger partial charge in [-0.05, 0) is 25.0 Å². The van der Waals surface area contributed by atoms with Crippen LogP contribution < -0.4 is 5.32 Å². The first-order valence-corrected chi connectivity index (χ1v) is 6.79. The summed E-state index contributed by atoms with van der Waals surface area (Å²) in [5.74, 6) is -0.579. The molecule has 1 aliphatic rings. The van der Waals surface area contributed by atoms with Crippen LogP contribution in [0.15, 0.2) is 18.2 Å². The lowest BCUT2D eigenvalue weighted by molar-refractivity contribution is -0.385. The van der Waals surface area contributed by atoms with Crippen LogP contribution in [0.25, 0.3) is 0 Å². The summed E-state index contributed by atoms with van der Waals surface area (Å²) in [6, 6.07) is 3.47. The van der Waals surface area contributed by atoms with Crippen molar-refractivity contribution in [3.05, 3.63) is 38.9 Å². The van der Waals surface area contributed by atoms with Crippen LogP contribution in [0.1, 0.15) is 36.0 Å². The van der Waals surface area contributed by atoms with Crippen molar-refractivity contribution in [3.8, 4) is 0 Å². The van der Waals surface area contributed by atoms with Crippen molar-refractivity contribution in [1.29, 1.82) is 0 Å². The Labute approximate surface area is 120 Å². The summed E-state index contributed by atoms with van der Waals surface area (Å²) in [4.78, 5) is 22.5. The third kappa shape index (κ3) is 3.26. The number of halogens is 1. The summed E-state index contributed by atoms with van der Waals surface area (Å²) in [6.07, 6.45) is 2.53. The molecule has 2 rings (SSSR count). The van der Waals surface area contributed by atoms with Gasteiger partial charge < -0.3 is 10.4 Å². The van der Waals surface area contributed by atoms with Crippen molar-refractivity contribution >= 4 is 23.2 Å². The molecule has 6 nitrogen and oxygen atoms in total. The maximum absolute atomic E-state index is 12.2. The highest BCUT2D eigenvalue weighted by Crippen LogP contribution is 2.24. The van der Waals surface area contributed by atoms with Gasteiger partial charge in [0.05, 0.1) is 17.1 Å². The topological polar surface area (TPSA) is 92.5 Å². The number of nitro groups is 1. The summed E-state index contributed by atoms with van der Waals surface area (Å²) in [7, 11) is 0. The average molecular weight is 299 g/mol. The molecule has 1 aromatic rings. The van der Waals surface area contributed by atoms with Gasteiger partial charge >= 0.3 is 0 Å². The number of hydrogen-bond donors (Lipinski definition) is 2. The van der Waals surface area contributed by atoms with Crippen LogP contribution in [0.4, 0.5) is 5.69 Å². The van der Waals surface area contributed by atoms with Crippen LogP contribution in [0.5, 0.6) is 0 Å². The highest BCUT2D eigenvalue weighted by atomic mass is 35.5. The van der Waals surface area contributed by atoms with E-state index in [9.17, 15) is 20.0 Å². The normalized spacial score (nSPS) is 22.3. The Bertz CT molecular complexity index is 535. The third-order valence-corrected chi connectivity index (χ3v) is 3.68. The van der Waals surface area contributed by atoms with E-state index < -0.39 is 16.9 Å². The van der Waals surface area contributed by atoms with Gasteiger partial charge in [-0.3, -0.25) is 14.9 Å². The standard InChI is InChI=1S/C13H15ClN2O4/c14-8-5-6-11(16(19)20)9(7-8)13(18)15-10-3-1-2-4-12(10)17/h5-7,10,12,17H,1-4H2,(H,15,18)/t10-,12-/m0/s1. The number of aliphatic hydroxyl groups excluding tert-OH is 1. The second-order valence-corrected chi connectivity index (χ2v) is 5.29. The maximum atomic E-state index is 12.2. The van der Waals surface area contributed by atoms with Crippen LogP contribution >= 0.6 is 11.6 Å². The highest BCUT2D eigenvalue weighted by Gasteiger charge is 2.27. The fraction of sp³-hybridized carbons (Fsp3) is 0.462. The van der Waals surface area contributed by atoms with Gasteiger partial charge in [0.15, 0.2) is 0 Å². The number of carbonyl (C=O) groups excluding carboxylic acids is 1. The molecule has 1 aromatic carbocycles. The zero-order valence-electron chi connectivity index (χ0n) is 10.7. The SMILES string of the molecule is O=C(N[C@H]1CCCC[C@@H]1O)c1cc(Cl)ccc1[N+](=O)[O-]. The monoisotopic (exact) mass is 298 g/mol. The first-order chi connectivity index (χ1) is 9.49. The molecule has 2 N–H and O–H groups in total. The molecule has 108 valence electrons. The van der Waals surface area contributed by atoms with E-state index in [0.29, 0.717) is 12.8 Å². The molecular formula is C13H15ClN2O4. The highest BCUT2D eigenvalue weighted by molar-refractivity contribution is 6.31. The minimum atomic E-state index is -0.622. The lowest BCUT2D eigenvalue weighted by Crippen LogP contribution is -2.45. The first-order valence-electron chi connectivity index (χ1n) is 6.42. The molecule has 0 bridgehead atoms. The summed E-state index contributed by atoms with van der Waals surface area (Å²) >= 11 is 5.79. The quantitative estimate of drug-likeness (QED) is 0.661. The van der Waals surface area contributed by atoms with Gasteiger partial charge in [0.1, 0.15) is 5.56 Å². The Balaban J connectivity index is 2.20. The molecule has 0 saturated heterocycles. The minimum absolute atomic E-state index is 0.0831. The number of nitrogens with one attached hydrogen (secondary N) is 1. The van der Waals surface area contributed by atoms with Crippen molar-refractivity contribution in [2.45, 2.75) is 37.8 Å². The van der Waals surface area contributed by atoms with Crippen molar-refractivity contribution < 1.29 is 14.8 Å². The summed E-state index contributed by atoms with van der Waals surface area (Å²) in [6.45, 7) is 0. The number of hydrogen-bond acceptors (Lipinski definition) is 4. The van der Waals surface area contributed by atoms with Crippen molar-refractivity contribution in [3.63, 3.8) is 0 Å². The number of nitro benzene ring substituents is 1. The van der Waals surface area contributed by atoms with E-state index in [1.54, 1.807) is 0 Å². The molecule has 0 aliphatic heterocycles. The number of rotatable bonds is 3. The molecule has 0 spiro atoms. The van der Waals surface area contributed by atoms with E-state index in [1.165, 1.54) is 18.2 Å². The van der Waals surface area contributed by atoms with Gasteiger partial charge in [-0.25, -0.2) is 0 Å². The van der Waals surface area contributed by atoms with Crippen molar-refractivity contribution in [2.75, 3.05) is 0 Å². The number of nitrogens with zero attached hydrogens (tertiary/aromatic N) is 1. The van der Waals surface area contributed by atoms with Gasteiger partial charge in [0, 0.05) is 11.1 Å². The van der Waals surface area contributed by atoms with Crippen molar-refractivity contribution in [1.82, 2.24) is 5.32 Å². The third-order valence-electron chi connectivity index (χ3n) is 3.45. The van der Waals surface area contributed by atoms with Crippen LogP contribution in [-0.4, -0.2) is 28.1 Å². The number of amides is 1. The Morgan fingerprint density at radius 3 is 2.75 bits per heavy atom. The van der Waals surface area contributed by atoms with Crippen LogP contribution in [0.3, 0.4) is 0 Å². The zero-order valence-corrected chi connectivity index (χ0v) is 11.5. The average Bonchev–Trinajstić information content (AvgIpc) is 2.40. The predicted octanol–water partition coefficient (Wildman–Crippen LogP) is 2.28. The molecule has 0 unspecified atom stereocenters. The fourth-order valence-corrected chi connectivity index (χ4v) is 2.55. The molecular weight excluding hydrogens is 284 g/mol. The number of carbonyl (C=O) groups is 1. The van der Waals surface area contributed by atoms with E-state index in [2.05, 4.69) is 5.32 Å². The van der Waals surface area contributed by atoms with Gasteiger partial charge in [-0.15, -0.1) is 0 Å². The minimum Gasteiger partial charge on any atom is -0.391 e. The predicted molar refractivity (Wildman–Crippen MR) is 73.8 cm³/mol. The van der Waals surface area contributed by atoms with Gasteiger partial charge in [-0.1, -0.05) is 24.4 Å². The molecule has 1 amide bonds. The molecule has 0 heterocycles. The van der Waals surface area contributed by atoms with E-state index in [4.69, 9.17) is 11.6 Å². The Morgan fingerprint density at radius 2 is 2.10 bits per heavy atom. The molecule has 1 saturated carbocycles. The molecule has 1 fully saturated rings. The first kappa shape index (κ1) is 14.7. The van der Waals surface area contributed by atoms with Crippen LogP contribution in [-0.2, 0) is 0 Å². The van der Waals surface area contributed by atoms with Crippen LogP contribution in [0, 0.1) is 10.1 Å². The summed E-state index contributed by atoms with van der Waals surface area (Å²) < 4.78 is 0. The summed E-state index contributed by atoms with van der Waals surface area (Å²) in [5.41, 5.74) is -0.377. The van der Waals surface area contributed by atoms with Crippen molar-refractivity contribution in [2.24, 2.45) is 0 Å². The zero-order chi connectivity index (χ0) is 14.7. The Kier molecular flexibility index (Phi) is 4.57. The molecule has 0 radical (unpaired) electrons. The van der Waals surface area contributed by atoms with Crippen LogP contribution in [0.2, 0.25) is 5.02 Å². The lowest BCUT2D eigenvalue weighted by atomic mass is 9.92. The largest absolute Gasteiger partial charge is 0.391 e. The Hall–Kier alpha value is -1.66. The molecule has 0 aromatic heterocycles. The van der Waals surface area contributed by atoms with Gasteiger partial charge in [-0.2, -0.15) is 0 Å². The van der Waals surface area contributed by atoms with E-state index in [-0.39, 0.29) is 22.3 Å².